The third kappa shape index (κ3) is 6.84. The summed E-state index contributed by atoms with van der Waals surface area (Å²) in [6.45, 7) is 8.25. The Bertz CT molecular complexity index is 1440. The zero-order valence-electron chi connectivity index (χ0n) is 25.2. The lowest BCUT2D eigenvalue weighted by Gasteiger charge is -2.25. The number of nitrogens with zero attached hydrogens (tertiary/aromatic N) is 3. The van der Waals surface area contributed by atoms with Gasteiger partial charge < -0.3 is 34.2 Å². The van der Waals surface area contributed by atoms with E-state index in [9.17, 15) is 28.6 Å². The minimum Gasteiger partial charge on any atom is -0.493 e. The maximum absolute atomic E-state index is 14.8. The highest BCUT2D eigenvalue weighted by Crippen LogP contribution is 2.41. The fourth-order valence-electron chi connectivity index (χ4n) is 4.90. The summed E-state index contributed by atoms with van der Waals surface area (Å²) in [7, 11) is 3.64. The Morgan fingerprint density at radius 3 is 2.33 bits per heavy atom. The molecule has 1 atom stereocenters. The van der Waals surface area contributed by atoms with Crippen LogP contribution < -0.4 is 10.3 Å². The van der Waals surface area contributed by atoms with E-state index >= 15 is 0 Å². The molecule has 232 valence electrons. The van der Waals surface area contributed by atoms with Crippen molar-refractivity contribution in [3.05, 3.63) is 56.4 Å². The van der Waals surface area contributed by atoms with Gasteiger partial charge in [-0.1, -0.05) is 20.3 Å². The van der Waals surface area contributed by atoms with E-state index in [0.29, 0.717) is 41.8 Å². The minimum absolute atomic E-state index is 0.0195. The molecule has 1 aromatic carbocycles. The number of methoxy groups -OCH3 is 2. The number of hydrogen-bond acceptors (Lipinski definition) is 9. The molecule has 3 heterocycles. The maximum Gasteiger partial charge on any atom is 0.257 e. The van der Waals surface area contributed by atoms with Gasteiger partial charge in [0.2, 0.25) is 5.82 Å². The van der Waals surface area contributed by atoms with Crippen LogP contribution in [0.4, 0.5) is 8.78 Å². The van der Waals surface area contributed by atoms with Crippen LogP contribution in [0.15, 0.2) is 16.9 Å². The van der Waals surface area contributed by atoms with E-state index in [1.807, 2.05) is 13.8 Å². The average molecular weight is 594 g/mol. The number of aliphatic hydroxyl groups is 3. The van der Waals surface area contributed by atoms with Gasteiger partial charge in [-0.2, -0.15) is 4.39 Å². The summed E-state index contributed by atoms with van der Waals surface area (Å²) >= 11 is 0. The van der Waals surface area contributed by atoms with E-state index < -0.39 is 23.3 Å². The predicted molar refractivity (Wildman–Crippen MR) is 155 cm³/mol. The number of aldehydes is 1. The van der Waals surface area contributed by atoms with Gasteiger partial charge in [0.1, 0.15) is 6.10 Å². The molecule has 1 unspecified atom stereocenters. The van der Waals surface area contributed by atoms with Gasteiger partial charge in [-0.15, -0.1) is 0 Å². The van der Waals surface area contributed by atoms with Crippen LogP contribution in [0.25, 0.3) is 22.3 Å². The van der Waals surface area contributed by atoms with Crippen molar-refractivity contribution in [2.45, 2.75) is 65.8 Å². The van der Waals surface area contributed by atoms with Crippen molar-refractivity contribution in [3.8, 4) is 17.1 Å². The first-order valence-corrected chi connectivity index (χ1v) is 13.7. The number of benzene rings is 1. The summed E-state index contributed by atoms with van der Waals surface area (Å²) in [6, 6.07) is 2.50. The smallest absolute Gasteiger partial charge is 0.257 e. The lowest BCUT2D eigenvalue weighted by atomic mass is 9.96. The summed E-state index contributed by atoms with van der Waals surface area (Å²) < 4.78 is 41.1. The van der Waals surface area contributed by atoms with E-state index in [0.717, 1.165) is 13.2 Å². The van der Waals surface area contributed by atoms with E-state index in [1.165, 1.54) is 31.3 Å². The number of ether oxygens (including phenoxy) is 2. The number of rotatable bonds is 10. The fourth-order valence-corrected chi connectivity index (χ4v) is 4.90. The third-order valence-corrected chi connectivity index (χ3v) is 6.83. The number of fused-ring (bicyclic) bond motifs is 4. The van der Waals surface area contributed by atoms with E-state index in [-0.39, 0.29) is 53.7 Å². The van der Waals surface area contributed by atoms with Gasteiger partial charge in [0.15, 0.2) is 17.9 Å². The summed E-state index contributed by atoms with van der Waals surface area (Å²) in [5.41, 5.74) is 1.79. The van der Waals surface area contributed by atoms with Crippen molar-refractivity contribution < 1.29 is 38.4 Å². The molecule has 0 radical (unpaired) electrons. The van der Waals surface area contributed by atoms with Crippen molar-refractivity contribution in [2.24, 2.45) is 0 Å². The van der Waals surface area contributed by atoms with Crippen molar-refractivity contribution in [3.63, 3.8) is 0 Å². The maximum atomic E-state index is 14.8. The molecular weight excluding hydrogens is 552 g/mol. The first-order valence-electron chi connectivity index (χ1n) is 13.7. The molecule has 0 fully saturated rings. The highest BCUT2D eigenvalue weighted by molar-refractivity contribution is 5.93. The van der Waals surface area contributed by atoms with E-state index in [1.54, 1.807) is 4.90 Å². The second kappa shape index (κ2) is 15.8. The molecule has 12 heteroatoms. The molecule has 1 aliphatic rings. The molecule has 42 heavy (non-hydrogen) atoms. The molecule has 3 N–H and O–H groups in total. The first kappa shape index (κ1) is 34.9. The average Bonchev–Trinajstić information content (AvgIpc) is 3.34. The van der Waals surface area contributed by atoms with Gasteiger partial charge in [-0.3, -0.25) is 9.69 Å². The van der Waals surface area contributed by atoms with Gasteiger partial charge in [0.25, 0.3) is 5.56 Å². The van der Waals surface area contributed by atoms with Crippen LogP contribution >= 0.6 is 0 Å². The molecule has 10 nitrogen and oxygen atoms in total. The summed E-state index contributed by atoms with van der Waals surface area (Å²) in [5, 5.41) is 27.4. The van der Waals surface area contributed by atoms with Crippen LogP contribution in [0.1, 0.15) is 62.5 Å². The molecule has 3 aromatic rings. The van der Waals surface area contributed by atoms with Crippen LogP contribution in [0, 0.1) is 11.6 Å². The van der Waals surface area contributed by atoms with Crippen LogP contribution in [-0.4, -0.2) is 76.7 Å². The molecule has 0 aliphatic carbocycles. The Morgan fingerprint density at radius 2 is 1.81 bits per heavy atom. The lowest BCUT2D eigenvalue weighted by molar-refractivity contribution is -0.115. The molecule has 1 aliphatic heterocycles. The third-order valence-electron chi connectivity index (χ3n) is 6.83. The summed E-state index contributed by atoms with van der Waals surface area (Å²) in [5.74, 6) is -2.57. The van der Waals surface area contributed by atoms with Gasteiger partial charge >= 0.3 is 0 Å². The van der Waals surface area contributed by atoms with Crippen LogP contribution in [0.5, 0.6) is 5.75 Å². The number of aliphatic hydroxyl groups excluding tert-OH is 3. The van der Waals surface area contributed by atoms with E-state index in [2.05, 4.69) is 18.8 Å². The summed E-state index contributed by atoms with van der Waals surface area (Å²) in [6.07, 6.45) is 0.334. The standard InChI is InChI=1S/C26H29F2N3O6.C3H8.CH4O/c1-13(2)30(12-33)6-5-14-16-9-31-20(7-15(21(34)10-32)17(11-36-3)26(31)35)24(16)29-19-8-18(27)23(28)25(37-4)22(14)19;1-3-2;1-2/h7-8,10,13,21,33-34H,5-6,9,11-12H2,1-4H3;3H2,1-2H3;2H,1H3. The molecule has 0 bridgehead atoms. The van der Waals surface area contributed by atoms with Crippen molar-refractivity contribution in [1.82, 2.24) is 14.5 Å². The normalized spacial score (nSPS) is 12.3. The molecule has 0 saturated heterocycles. The predicted octanol–water partition coefficient (Wildman–Crippen LogP) is 3.32. The zero-order valence-corrected chi connectivity index (χ0v) is 25.2. The second-order valence-corrected chi connectivity index (χ2v) is 9.89. The topological polar surface area (TPSA) is 134 Å². The number of carbonyl (C=O) groups is 1. The van der Waals surface area contributed by atoms with E-state index in [4.69, 9.17) is 14.6 Å². The second-order valence-electron chi connectivity index (χ2n) is 9.89. The molecule has 0 spiro atoms. The SMILES string of the molecule is CCC.CO.COCc1c(C(O)C=O)cc2n(c1=O)Cc1c-2nc2cc(F)c(F)c(OC)c2c1CCN(CO)C(C)C. The number of pyridine rings is 2. The van der Waals surface area contributed by atoms with Crippen molar-refractivity contribution >= 4 is 17.2 Å². The Labute approximate surface area is 244 Å². The monoisotopic (exact) mass is 593 g/mol. The minimum atomic E-state index is -1.55. The number of hydrogen-bond donors (Lipinski definition) is 3. The van der Waals surface area contributed by atoms with Crippen molar-refractivity contribution in [1.29, 1.82) is 0 Å². The number of aromatic nitrogens is 2. The van der Waals surface area contributed by atoms with Gasteiger partial charge in [0.05, 0.1) is 43.9 Å². The Hall–Kier alpha value is -3.29. The van der Waals surface area contributed by atoms with Crippen molar-refractivity contribution in [2.75, 3.05) is 34.6 Å². The zero-order chi connectivity index (χ0) is 31.7. The molecule has 2 aromatic heterocycles. The molecule has 0 amide bonds. The fraction of sp³-hybridized carbons (Fsp3) is 0.500. The van der Waals surface area contributed by atoms with Crippen LogP contribution in [-0.2, 0) is 29.1 Å². The highest BCUT2D eigenvalue weighted by Gasteiger charge is 2.31. The molecule has 4 rings (SSSR count). The lowest BCUT2D eigenvalue weighted by Crippen LogP contribution is -2.33. The number of carbonyl (C=O) groups excluding carboxylic acids is 1. The van der Waals surface area contributed by atoms with Crippen LogP contribution in [0.3, 0.4) is 0 Å². The van der Waals surface area contributed by atoms with Gasteiger partial charge in [-0.05, 0) is 31.9 Å². The number of halogens is 2. The summed E-state index contributed by atoms with van der Waals surface area (Å²) in [4.78, 5) is 31.2. The quantitative estimate of drug-likeness (QED) is 0.187. The Balaban J connectivity index is 0.00000116. The van der Waals surface area contributed by atoms with Gasteiger partial charge in [0, 0.05) is 54.9 Å². The van der Waals surface area contributed by atoms with Gasteiger partial charge in [-0.25, -0.2) is 9.37 Å². The Morgan fingerprint density at radius 1 is 1.17 bits per heavy atom. The first-order chi connectivity index (χ1) is 20.1. The molecular formula is C30H41F2N3O7. The Kier molecular flexibility index (Phi) is 13.1. The van der Waals surface area contributed by atoms with Crippen LogP contribution in [0.2, 0.25) is 0 Å². The largest absolute Gasteiger partial charge is 0.493 e. The molecule has 0 saturated carbocycles. The highest BCUT2D eigenvalue weighted by atomic mass is 19.2.